The van der Waals surface area contributed by atoms with Gasteiger partial charge < -0.3 is 4.74 Å². The van der Waals surface area contributed by atoms with E-state index in [0.717, 1.165) is 12.0 Å². The fraction of sp³-hybridized carbons (Fsp3) is 0.533. The third kappa shape index (κ3) is 4.81. The number of halogens is 1. The maximum atomic E-state index is 11.7. The van der Waals surface area contributed by atoms with Crippen LogP contribution in [0.5, 0.6) is 0 Å². The second-order valence-corrected chi connectivity index (χ2v) is 5.71. The Labute approximate surface area is 118 Å². The minimum absolute atomic E-state index is 0.161. The molecular formula is C15H21BrO2. The monoisotopic (exact) mass is 312 g/mol. The van der Waals surface area contributed by atoms with Crippen LogP contribution in [-0.4, -0.2) is 17.9 Å². The first-order valence-electron chi connectivity index (χ1n) is 6.36. The largest absolute Gasteiger partial charge is 0.464 e. The number of rotatable bonds is 6. The van der Waals surface area contributed by atoms with E-state index in [9.17, 15) is 4.79 Å². The van der Waals surface area contributed by atoms with Gasteiger partial charge in [0.05, 0.1) is 5.92 Å². The molecule has 0 aliphatic heterocycles. The number of ether oxygens (including phenoxy) is 1. The molecule has 1 aromatic rings. The van der Waals surface area contributed by atoms with Crippen molar-refractivity contribution in [3.63, 3.8) is 0 Å². The Morgan fingerprint density at radius 1 is 1.22 bits per heavy atom. The van der Waals surface area contributed by atoms with Gasteiger partial charge in [-0.25, -0.2) is 0 Å². The Bertz CT molecular complexity index is 371. The molecule has 0 aromatic heterocycles. The van der Waals surface area contributed by atoms with Gasteiger partial charge in [0, 0.05) is 5.33 Å². The summed E-state index contributed by atoms with van der Waals surface area (Å²) in [6.07, 6.45) is 1.07. The summed E-state index contributed by atoms with van der Waals surface area (Å²) in [7, 11) is 0. The molecule has 0 aliphatic carbocycles. The SMILES string of the molecule is CC(C)Cc1ccc(C(C)C(=O)OCCBr)cc1. The van der Waals surface area contributed by atoms with Crippen molar-refractivity contribution in [2.24, 2.45) is 5.92 Å². The lowest BCUT2D eigenvalue weighted by Gasteiger charge is -2.12. The van der Waals surface area contributed by atoms with Crippen molar-refractivity contribution in [3.8, 4) is 0 Å². The highest BCUT2D eigenvalue weighted by Gasteiger charge is 2.16. The average molecular weight is 313 g/mol. The van der Waals surface area contributed by atoms with E-state index >= 15 is 0 Å². The van der Waals surface area contributed by atoms with Crippen LogP contribution in [0.15, 0.2) is 24.3 Å². The fourth-order valence-corrected chi connectivity index (χ4v) is 1.98. The standard InChI is InChI=1S/C15H21BrO2/c1-11(2)10-13-4-6-14(7-5-13)12(3)15(17)18-9-8-16/h4-7,11-12H,8-10H2,1-3H3. The maximum Gasteiger partial charge on any atom is 0.313 e. The summed E-state index contributed by atoms with van der Waals surface area (Å²) in [5, 5.41) is 0.679. The summed E-state index contributed by atoms with van der Waals surface area (Å²) in [6, 6.07) is 8.25. The van der Waals surface area contributed by atoms with Crippen LogP contribution in [0.25, 0.3) is 0 Å². The topological polar surface area (TPSA) is 26.3 Å². The lowest BCUT2D eigenvalue weighted by molar-refractivity contribution is -0.144. The molecule has 1 rings (SSSR count). The molecule has 0 amide bonds. The van der Waals surface area contributed by atoms with Crippen molar-refractivity contribution >= 4 is 21.9 Å². The molecule has 0 N–H and O–H groups in total. The summed E-state index contributed by atoms with van der Waals surface area (Å²) >= 11 is 3.24. The van der Waals surface area contributed by atoms with E-state index in [0.29, 0.717) is 17.9 Å². The molecule has 18 heavy (non-hydrogen) atoms. The molecule has 0 saturated carbocycles. The highest BCUT2D eigenvalue weighted by molar-refractivity contribution is 9.09. The second-order valence-electron chi connectivity index (χ2n) is 4.92. The molecule has 0 saturated heterocycles. The molecule has 0 spiro atoms. The average Bonchev–Trinajstić information content (AvgIpc) is 2.35. The predicted molar refractivity (Wildman–Crippen MR) is 78.2 cm³/mol. The minimum atomic E-state index is -0.197. The fourth-order valence-electron chi connectivity index (χ4n) is 1.81. The molecule has 2 nitrogen and oxygen atoms in total. The predicted octanol–water partition coefficient (Wildman–Crippen LogP) is 3.93. The summed E-state index contributed by atoms with van der Waals surface area (Å²) in [4.78, 5) is 11.7. The zero-order valence-electron chi connectivity index (χ0n) is 11.3. The van der Waals surface area contributed by atoms with Crippen LogP contribution in [0, 0.1) is 5.92 Å². The molecule has 1 unspecified atom stereocenters. The third-order valence-electron chi connectivity index (χ3n) is 2.80. The van der Waals surface area contributed by atoms with E-state index in [1.807, 2.05) is 19.1 Å². The van der Waals surface area contributed by atoms with Crippen LogP contribution in [0.2, 0.25) is 0 Å². The molecule has 0 radical (unpaired) electrons. The molecular weight excluding hydrogens is 292 g/mol. The molecule has 1 aromatic carbocycles. The summed E-state index contributed by atoms with van der Waals surface area (Å²) in [6.45, 7) is 6.71. The van der Waals surface area contributed by atoms with Crippen LogP contribution in [0.1, 0.15) is 37.8 Å². The van der Waals surface area contributed by atoms with Crippen molar-refractivity contribution in [1.29, 1.82) is 0 Å². The van der Waals surface area contributed by atoms with Gasteiger partial charge in [-0.2, -0.15) is 0 Å². The third-order valence-corrected chi connectivity index (χ3v) is 3.12. The van der Waals surface area contributed by atoms with E-state index in [4.69, 9.17) is 4.74 Å². The van der Waals surface area contributed by atoms with Crippen LogP contribution >= 0.6 is 15.9 Å². The van der Waals surface area contributed by atoms with Gasteiger partial charge in [0.2, 0.25) is 0 Å². The van der Waals surface area contributed by atoms with Crippen molar-refractivity contribution in [3.05, 3.63) is 35.4 Å². The number of alkyl halides is 1. The number of carbonyl (C=O) groups is 1. The van der Waals surface area contributed by atoms with Crippen LogP contribution in [0.4, 0.5) is 0 Å². The van der Waals surface area contributed by atoms with Gasteiger partial charge in [0.25, 0.3) is 0 Å². The molecule has 100 valence electrons. The molecule has 0 aliphatic rings. The van der Waals surface area contributed by atoms with Gasteiger partial charge in [-0.15, -0.1) is 0 Å². The molecule has 1 atom stereocenters. The van der Waals surface area contributed by atoms with Crippen LogP contribution in [-0.2, 0) is 16.0 Å². The first-order chi connectivity index (χ1) is 8.54. The summed E-state index contributed by atoms with van der Waals surface area (Å²) in [5.74, 6) is 0.292. The summed E-state index contributed by atoms with van der Waals surface area (Å²) < 4.78 is 5.12. The van der Waals surface area contributed by atoms with Crippen molar-refractivity contribution in [1.82, 2.24) is 0 Å². The molecule has 3 heteroatoms. The number of benzene rings is 1. The highest BCUT2D eigenvalue weighted by atomic mass is 79.9. The van der Waals surface area contributed by atoms with E-state index < -0.39 is 0 Å². The van der Waals surface area contributed by atoms with Gasteiger partial charge in [0.1, 0.15) is 6.61 Å². The maximum absolute atomic E-state index is 11.7. The van der Waals surface area contributed by atoms with Gasteiger partial charge in [-0.1, -0.05) is 54.0 Å². The zero-order valence-corrected chi connectivity index (χ0v) is 12.9. The zero-order chi connectivity index (χ0) is 13.5. The Kier molecular flexibility index (Phi) is 6.41. The number of esters is 1. The lowest BCUT2D eigenvalue weighted by atomic mass is 9.97. The van der Waals surface area contributed by atoms with Gasteiger partial charge in [-0.3, -0.25) is 4.79 Å². The first-order valence-corrected chi connectivity index (χ1v) is 7.48. The minimum Gasteiger partial charge on any atom is -0.464 e. The van der Waals surface area contributed by atoms with E-state index in [2.05, 4.69) is 41.9 Å². The normalized spacial score (nSPS) is 12.5. The number of hydrogen-bond donors (Lipinski definition) is 0. The van der Waals surface area contributed by atoms with E-state index in [1.165, 1.54) is 5.56 Å². The molecule has 0 fully saturated rings. The molecule has 0 heterocycles. The van der Waals surface area contributed by atoms with Crippen molar-refractivity contribution in [2.45, 2.75) is 33.1 Å². The van der Waals surface area contributed by atoms with Crippen LogP contribution < -0.4 is 0 Å². The first kappa shape index (κ1) is 15.2. The lowest BCUT2D eigenvalue weighted by Crippen LogP contribution is -2.14. The molecule has 0 bridgehead atoms. The smallest absolute Gasteiger partial charge is 0.313 e. The van der Waals surface area contributed by atoms with Gasteiger partial charge in [0.15, 0.2) is 0 Å². The Morgan fingerprint density at radius 2 is 1.83 bits per heavy atom. The van der Waals surface area contributed by atoms with Crippen molar-refractivity contribution in [2.75, 3.05) is 11.9 Å². The Morgan fingerprint density at radius 3 is 2.33 bits per heavy atom. The highest BCUT2D eigenvalue weighted by Crippen LogP contribution is 2.18. The van der Waals surface area contributed by atoms with Gasteiger partial charge >= 0.3 is 5.97 Å². The number of hydrogen-bond acceptors (Lipinski definition) is 2. The van der Waals surface area contributed by atoms with Crippen LogP contribution in [0.3, 0.4) is 0 Å². The Hall–Kier alpha value is -0.830. The number of carbonyl (C=O) groups excluding carboxylic acids is 1. The van der Waals surface area contributed by atoms with Crippen molar-refractivity contribution < 1.29 is 9.53 Å². The summed E-state index contributed by atoms with van der Waals surface area (Å²) in [5.41, 5.74) is 2.33. The van der Waals surface area contributed by atoms with Gasteiger partial charge in [-0.05, 0) is 30.4 Å². The quantitative estimate of drug-likeness (QED) is 0.587. The van der Waals surface area contributed by atoms with E-state index in [1.54, 1.807) is 0 Å². The van der Waals surface area contributed by atoms with E-state index in [-0.39, 0.29) is 11.9 Å². The second kappa shape index (κ2) is 7.57. The Balaban J connectivity index is 2.63.